The molecule has 150 valence electrons. The summed E-state index contributed by atoms with van der Waals surface area (Å²) in [6, 6.07) is 0. The third kappa shape index (κ3) is 4.97. The number of rotatable bonds is 4. The predicted molar refractivity (Wildman–Crippen MR) is 95.5 cm³/mol. The maximum absolute atomic E-state index is 12.4. The number of nitrogens with one attached hydrogen (secondary N) is 1. The number of nitrogens with zero attached hydrogens (tertiary/aromatic N) is 3. The maximum atomic E-state index is 12.4. The van der Waals surface area contributed by atoms with Crippen LogP contribution >= 0.6 is 0 Å². The summed E-state index contributed by atoms with van der Waals surface area (Å²) in [5, 5.41) is 2.81. The molecule has 3 fully saturated rings. The first kappa shape index (κ1) is 19.6. The van der Waals surface area contributed by atoms with Crippen molar-refractivity contribution in [3.63, 3.8) is 0 Å². The minimum Gasteiger partial charge on any atom is -0.378 e. The van der Waals surface area contributed by atoms with Crippen molar-refractivity contribution in [3.8, 4) is 0 Å². The molecule has 0 aromatic rings. The molecule has 3 rings (SSSR count). The van der Waals surface area contributed by atoms with Crippen LogP contribution in [0.25, 0.3) is 0 Å². The zero-order valence-electron chi connectivity index (χ0n) is 15.8. The molecule has 2 atom stereocenters. The summed E-state index contributed by atoms with van der Waals surface area (Å²) < 4.78 is 5.19. The summed E-state index contributed by atoms with van der Waals surface area (Å²) in [4.78, 5) is 53.4. The van der Waals surface area contributed by atoms with E-state index in [0.29, 0.717) is 64.9 Å². The van der Waals surface area contributed by atoms with Gasteiger partial charge in [-0.05, 0) is 12.3 Å². The predicted octanol–water partition coefficient (Wildman–Crippen LogP) is -1.32. The third-order valence-electron chi connectivity index (χ3n) is 5.49. The highest BCUT2D eigenvalue weighted by atomic mass is 16.5. The molecule has 27 heavy (non-hydrogen) atoms. The Morgan fingerprint density at radius 2 is 1.41 bits per heavy atom. The molecule has 0 aromatic heterocycles. The number of piperazine rings is 1. The molecule has 0 spiro atoms. The fraction of sp³-hybridized carbons (Fsp3) is 0.778. The van der Waals surface area contributed by atoms with Gasteiger partial charge in [0.2, 0.25) is 11.8 Å². The van der Waals surface area contributed by atoms with Crippen LogP contribution < -0.4 is 5.32 Å². The maximum Gasteiger partial charge on any atom is 0.312 e. The van der Waals surface area contributed by atoms with E-state index in [1.54, 1.807) is 4.90 Å². The average molecular weight is 380 g/mol. The van der Waals surface area contributed by atoms with Gasteiger partial charge in [-0.3, -0.25) is 19.2 Å². The summed E-state index contributed by atoms with van der Waals surface area (Å²) in [5.74, 6) is -0.437. The number of amides is 4. The first-order valence-electron chi connectivity index (χ1n) is 9.68. The first-order valence-corrected chi connectivity index (χ1v) is 9.68. The van der Waals surface area contributed by atoms with Gasteiger partial charge in [0.05, 0.1) is 13.2 Å². The molecule has 2 unspecified atom stereocenters. The van der Waals surface area contributed by atoms with Gasteiger partial charge in [0.1, 0.15) is 0 Å². The van der Waals surface area contributed by atoms with Crippen LogP contribution in [-0.4, -0.2) is 97.4 Å². The van der Waals surface area contributed by atoms with E-state index < -0.39 is 11.8 Å². The van der Waals surface area contributed by atoms with Crippen LogP contribution in [0, 0.1) is 11.8 Å². The topological polar surface area (TPSA) is 99.3 Å². The van der Waals surface area contributed by atoms with Crippen molar-refractivity contribution in [2.45, 2.75) is 19.8 Å². The molecular weight excluding hydrogens is 352 g/mol. The van der Waals surface area contributed by atoms with E-state index >= 15 is 0 Å². The van der Waals surface area contributed by atoms with Crippen LogP contribution in [0.15, 0.2) is 0 Å². The molecule has 2 aliphatic heterocycles. The second-order valence-electron chi connectivity index (χ2n) is 7.44. The lowest BCUT2D eigenvalue weighted by Gasteiger charge is -2.36. The van der Waals surface area contributed by atoms with E-state index in [4.69, 9.17) is 4.74 Å². The van der Waals surface area contributed by atoms with Gasteiger partial charge in [-0.2, -0.15) is 0 Å². The van der Waals surface area contributed by atoms with Crippen LogP contribution in [0.1, 0.15) is 19.8 Å². The van der Waals surface area contributed by atoms with Gasteiger partial charge >= 0.3 is 11.8 Å². The number of carbonyl (C=O) groups excluding carboxylic acids is 4. The molecule has 2 saturated heterocycles. The van der Waals surface area contributed by atoms with Crippen molar-refractivity contribution in [3.05, 3.63) is 0 Å². The molecule has 9 heteroatoms. The molecule has 9 nitrogen and oxygen atoms in total. The summed E-state index contributed by atoms with van der Waals surface area (Å²) in [6.07, 6.45) is 1.19. The molecule has 1 aliphatic carbocycles. The van der Waals surface area contributed by atoms with Gasteiger partial charge in [0, 0.05) is 58.2 Å². The Morgan fingerprint density at radius 1 is 0.889 bits per heavy atom. The Kier molecular flexibility index (Phi) is 6.30. The number of carbonyl (C=O) groups is 4. The molecule has 0 aromatic carbocycles. The number of morpholine rings is 1. The highest BCUT2D eigenvalue weighted by molar-refractivity contribution is 6.34. The minimum absolute atomic E-state index is 0.0346. The largest absolute Gasteiger partial charge is 0.378 e. The van der Waals surface area contributed by atoms with Crippen LogP contribution in [0.2, 0.25) is 0 Å². The van der Waals surface area contributed by atoms with Crippen LogP contribution in [0.5, 0.6) is 0 Å². The lowest BCUT2D eigenvalue weighted by molar-refractivity contribution is -0.155. The fourth-order valence-electron chi connectivity index (χ4n) is 3.47. The van der Waals surface area contributed by atoms with Gasteiger partial charge < -0.3 is 24.8 Å². The standard InChI is InChI=1S/C18H28N4O5/c1-13-12-14(13)16(24)19-3-2-15(23)20-4-6-21(7-5-20)17(25)18(26)22-8-10-27-11-9-22/h13-14H,2-12H2,1H3,(H,19,24). The molecule has 0 radical (unpaired) electrons. The van der Waals surface area contributed by atoms with Crippen LogP contribution in [0.3, 0.4) is 0 Å². The lowest BCUT2D eigenvalue weighted by atomic mass is 10.2. The van der Waals surface area contributed by atoms with Gasteiger partial charge in [0.25, 0.3) is 0 Å². The third-order valence-corrected chi connectivity index (χ3v) is 5.49. The Hall–Kier alpha value is -2.16. The van der Waals surface area contributed by atoms with E-state index in [2.05, 4.69) is 5.32 Å². The summed E-state index contributed by atoms with van der Waals surface area (Å²) >= 11 is 0. The van der Waals surface area contributed by atoms with E-state index in [9.17, 15) is 19.2 Å². The van der Waals surface area contributed by atoms with Crippen molar-refractivity contribution in [2.24, 2.45) is 11.8 Å². The molecular formula is C18H28N4O5. The van der Waals surface area contributed by atoms with Crippen molar-refractivity contribution in [2.75, 3.05) is 59.0 Å². The zero-order chi connectivity index (χ0) is 19.4. The number of hydrogen-bond acceptors (Lipinski definition) is 5. The van der Waals surface area contributed by atoms with Crippen molar-refractivity contribution in [1.82, 2.24) is 20.0 Å². The zero-order valence-corrected chi connectivity index (χ0v) is 15.8. The van der Waals surface area contributed by atoms with E-state index in [1.165, 1.54) is 9.80 Å². The van der Waals surface area contributed by atoms with Gasteiger partial charge in [-0.25, -0.2) is 0 Å². The monoisotopic (exact) mass is 380 g/mol. The van der Waals surface area contributed by atoms with E-state index in [1.807, 2.05) is 6.92 Å². The van der Waals surface area contributed by atoms with Gasteiger partial charge in [-0.15, -0.1) is 0 Å². The van der Waals surface area contributed by atoms with Crippen molar-refractivity contribution >= 4 is 23.6 Å². The van der Waals surface area contributed by atoms with Crippen molar-refractivity contribution < 1.29 is 23.9 Å². The molecule has 1 saturated carbocycles. The molecule has 1 N–H and O–H groups in total. The molecule has 2 heterocycles. The van der Waals surface area contributed by atoms with Crippen LogP contribution in [0.4, 0.5) is 0 Å². The average Bonchev–Trinajstić information content (AvgIpc) is 3.44. The summed E-state index contributed by atoms with van der Waals surface area (Å²) in [7, 11) is 0. The molecule has 3 aliphatic rings. The SMILES string of the molecule is CC1CC1C(=O)NCCC(=O)N1CCN(C(=O)C(=O)N2CCOCC2)CC1. The minimum atomic E-state index is -0.505. The second-order valence-corrected chi connectivity index (χ2v) is 7.44. The number of ether oxygens (including phenoxy) is 1. The second kappa shape index (κ2) is 8.69. The Balaban J connectivity index is 1.36. The summed E-state index contributed by atoms with van der Waals surface area (Å²) in [6.45, 7) is 5.70. The fourth-order valence-corrected chi connectivity index (χ4v) is 3.47. The van der Waals surface area contributed by atoms with Gasteiger partial charge in [0.15, 0.2) is 0 Å². The smallest absolute Gasteiger partial charge is 0.312 e. The van der Waals surface area contributed by atoms with Gasteiger partial charge in [-0.1, -0.05) is 6.92 Å². The highest BCUT2D eigenvalue weighted by Crippen LogP contribution is 2.37. The van der Waals surface area contributed by atoms with E-state index in [0.717, 1.165) is 6.42 Å². The first-order chi connectivity index (χ1) is 13.0. The lowest BCUT2D eigenvalue weighted by Crippen LogP contribution is -2.55. The van der Waals surface area contributed by atoms with Crippen molar-refractivity contribution in [1.29, 1.82) is 0 Å². The quantitative estimate of drug-likeness (QED) is 0.610. The van der Waals surface area contributed by atoms with E-state index in [-0.39, 0.29) is 24.2 Å². The normalized spacial score (nSPS) is 25.1. The Morgan fingerprint density at radius 3 is 1.96 bits per heavy atom. The number of hydrogen-bond donors (Lipinski definition) is 1. The molecule has 4 amide bonds. The van der Waals surface area contributed by atoms with Crippen LogP contribution in [-0.2, 0) is 23.9 Å². The Labute approximate surface area is 159 Å². The summed E-state index contributed by atoms with van der Waals surface area (Å²) in [5.41, 5.74) is 0. The Bertz CT molecular complexity index is 597. The molecule has 0 bridgehead atoms. The highest BCUT2D eigenvalue weighted by Gasteiger charge is 2.39.